The molecule has 1 amide bonds. The number of hydrogen-bond donors (Lipinski definition) is 2. The molecule has 3 N–H and O–H groups in total. The molecule has 0 atom stereocenters. The third-order valence-corrected chi connectivity index (χ3v) is 4.84. The smallest absolute Gasteiger partial charge is 0.224 e. The van der Waals surface area contributed by atoms with E-state index in [2.05, 4.69) is 5.32 Å². The van der Waals surface area contributed by atoms with E-state index < -0.39 is 9.84 Å². The van der Waals surface area contributed by atoms with Crippen LogP contribution in [0.2, 0.25) is 0 Å². The van der Waals surface area contributed by atoms with Gasteiger partial charge in [-0.15, -0.1) is 0 Å². The van der Waals surface area contributed by atoms with Crippen LogP contribution in [0.25, 0.3) is 0 Å². The van der Waals surface area contributed by atoms with Crippen molar-refractivity contribution in [2.45, 2.75) is 33.1 Å². The Kier molecular flexibility index (Phi) is 6.01. The van der Waals surface area contributed by atoms with Gasteiger partial charge in [-0.2, -0.15) is 0 Å². The molecule has 112 valence electrons. The number of carbonyl (C=O) groups excluding carboxylic acids is 1. The summed E-state index contributed by atoms with van der Waals surface area (Å²) in [5, 5.41) is 2.77. The highest BCUT2D eigenvalue weighted by Crippen LogP contribution is 2.17. The average molecular weight is 298 g/mol. The lowest BCUT2D eigenvalue weighted by Crippen LogP contribution is -2.16. The first-order chi connectivity index (χ1) is 9.34. The van der Waals surface area contributed by atoms with E-state index in [0.717, 1.165) is 5.56 Å². The fraction of sp³-hybridized carbons (Fsp3) is 0.500. The first kappa shape index (κ1) is 16.5. The molecule has 6 heteroatoms. The van der Waals surface area contributed by atoms with Gasteiger partial charge in [0.25, 0.3) is 0 Å². The molecular formula is C14H22N2O3S. The Bertz CT molecular complexity index is 568. The minimum atomic E-state index is -3.01. The highest BCUT2D eigenvalue weighted by atomic mass is 32.2. The van der Waals surface area contributed by atoms with Crippen molar-refractivity contribution in [1.82, 2.24) is 0 Å². The molecule has 0 saturated heterocycles. The topological polar surface area (TPSA) is 89.3 Å². The summed E-state index contributed by atoms with van der Waals surface area (Å²) in [6.07, 6.45) is 1.16. The zero-order chi connectivity index (χ0) is 15.2. The molecule has 1 rings (SSSR count). The number of carbonyl (C=O) groups is 1. The summed E-state index contributed by atoms with van der Waals surface area (Å²) >= 11 is 0. The quantitative estimate of drug-likeness (QED) is 0.755. The Labute approximate surface area is 120 Å². The SMILES string of the molecule is CCCS(=O)(=O)CCCC(=O)Nc1ccc(N)cc1C. The van der Waals surface area contributed by atoms with Gasteiger partial charge in [0.2, 0.25) is 5.91 Å². The van der Waals surface area contributed by atoms with Gasteiger partial charge in [-0.05, 0) is 43.5 Å². The molecular weight excluding hydrogens is 276 g/mol. The van der Waals surface area contributed by atoms with Crippen LogP contribution in [0.1, 0.15) is 31.7 Å². The van der Waals surface area contributed by atoms with Gasteiger partial charge in [0.05, 0.1) is 5.75 Å². The Morgan fingerprint density at radius 2 is 2.00 bits per heavy atom. The summed E-state index contributed by atoms with van der Waals surface area (Å²) in [5.74, 6) is 0.0743. The third kappa shape index (κ3) is 5.61. The van der Waals surface area contributed by atoms with E-state index in [1.165, 1.54) is 0 Å². The fourth-order valence-electron chi connectivity index (χ4n) is 1.91. The first-order valence-corrected chi connectivity index (χ1v) is 8.52. The van der Waals surface area contributed by atoms with E-state index in [1.807, 2.05) is 13.8 Å². The number of benzene rings is 1. The molecule has 0 aliphatic carbocycles. The number of nitrogens with two attached hydrogens (primary N) is 1. The van der Waals surface area contributed by atoms with Crippen molar-refractivity contribution in [3.63, 3.8) is 0 Å². The molecule has 1 aromatic rings. The molecule has 5 nitrogen and oxygen atoms in total. The van der Waals surface area contributed by atoms with E-state index in [1.54, 1.807) is 18.2 Å². The minimum Gasteiger partial charge on any atom is -0.399 e. The van der Waals surface area contributed by atoms with E-state index in [9.17, 15) is 13.2 Å². The maximum atomic E-state index is 11.8. The maximum absolute atomic E-state index is 11.8. The van der Waals surface area contributed by atoms with Gasteiger partial charge < -0.3 is 11.1 Å². The van der Waals surface area contributed by atoms with Gasteiger partial charge in [-0.1, -0.05) is 6.92 Å². The molecule has 0 radical (unpaired) electrons. The van der Waals surface area contributed by atoms with Crippen LogP contribution in [0, 0.1) is 6.92 Å². The summed E-state index contributed by atoms with van der Waals surface area (Å²) < 4.78 is 23.0. The van der Waals surface area contributed by atoms with Gasteiger partial charge in [-0.25, -0.2) is 8.42 Å². The molecule has 0 aliphatic rings. The van der Waals surface area contributed by atoms with Crippen molar-refractivity contribution in [3.05, 3.63) is 23.8 Å². The summed E-state index contributed by atoms with van der Waals surface area (Å²) in [7, 11) is -3.01. The Morgan fingerprint density at radius 3 is 2.60 bits per heavy atom. The van der Waals surface area contributed by atoms with Crippen molar-refractivity contribution in [1.29, 1.82) is 0 Å². The summed E-state index contributed by atoms with van der Waals surface area (Å²) in [4.78, 5) is 11.8. The molecule has 0 bridgehead atoms. The Morgan fingerprint density at radius 1 is 1.30 bits per heavy atom. The van der Waals surface area contributed by atoms with Crippen LogP contribution in [0.4, 0.5) is 11.4 Å². The van der Waals surface area contributed by atoms with Crippen LogP contribution in [0.3, 0.4) is 0 Å². The monoisotopic (exact) mass is 298 g/mol. The van der Waals surface area contributed by atoms with Crippen LogP contribution < -0.4 is 11.1 Å². The number of hydrogen-bond acceptors (Lipinski definition) is 4. The maximum Gasteiger partial charge on any atom is 0.224 e. The van der Waals surface area contributed by atoms with E-state index in [-0.39, 0.29) is 23.8 Å². The second-order valence-electron chi connectivity index (χ2n) is 4.88. The van der Waals surface area contributed by atoms with Gasteiger partial charge in [0, 0.05) is 23.5 Å². The molecule has 0 saturated carbocycles. The predicted octanol–water partition coefficient (Wildman–Crippen LogP) is 2.12. The first-order valence-electron chi connectivity index (χ1n) is 6.70. The van der Waals surface area contributed by atoms with Gasteiger partial charge >= 0.3 is 0 Å². The van der Waals surface area contributed by atoms with Crippen LogP contribution >= 0.6 is 0 Å². The fourth-order valence-corrected chi connectivity index (χ4v) is 3.32. The van der Waals surface area contributed by atoms with Crippen LogP contribution in [0.15, 0.2) is 18.2 Å². The minimum absolute atomic E-state index is 0.0645. The van der Waals surface area contributed by atoms with Crippen molar-refractivity contribution >= 4 is 27.1 Å². The van der Waals surface area contributed by atoms with E-state index in [0.29, 0.717) is 24.2 Å². The van der Waals surface area contributed by atoms with E-state index in [4.69, 9.17) is 5.73 Å². The highest BCUT2D eigenvalue weighted by Gasteiger charge is 2.11. The number of aryl methyl sites for hydroxylation is 1. The molecule has 0 fully saturated rings. The summed E-state index contributed by atoms with van der Waals surface area (Å²) in [5.41, 5.74) is 7.88. The summed E-state index contributed by atoms with van der Waals surface area (Å²) in [6, 6.07) is 5.24. The number of rotatable bonds is 7. The van der Waals surface area contributed by atoms with Crippen molar-refractivity contribution in [2.24, 2.45) is 0 Å². The molecule has 0 spiro atoms. The number of anilines is 2. The zero-order valence-corrected chi connectivity index (χ0v) is 12.8. The zero-order valence-electron chi connectivity index (χ0n) is 12.0. The molecule has 0 unspecified atom stereocenters. The summed E-state index contributed by atoms with van der Waals surface area (Å²) in [6.45, 7) is 3.69. The third-order valence-electron chi connectivity index (χ3n) is 2.90. The highest BCUT2D eigenvalue weighted by molar-refractivity contribution is 7.91. The molecule has 0 heterocycles. The lowest BCUT2D eigenvalue weighted by atomic mass is 10.1. The second-order valence-corrected chi connectivity index (χ2v) is 7.18. The second kappa shape index (κ2) is 7.28. The predicted molar refractivity (Wildman–Crippen MR) is 82.4 cm³/mol. The molecule has 0 aliphatic heterocycles. The number of nitrogen functional groups attached to an aromatic ring is 1. The lowest BCUT2D eigenvalue weighted by molar-refractivity contribution is -0.116. The standard InChI is InChI=1S/C14H22N2O3S/c1-3-8-20(18,19)9-4-5-14(17)16-13-7-6-12(15)10-11(13)2/h6-7,10H,3-5,8-9,15H2,1-2H3,(H,16,17). The largest absolute Gasteiger partial charge is 0.399 e. The average Bonchev–Trinajstić information content (AvgIpc) is 2.32. The van der Waals surface area contributed by atoms with Crippen molar-refractivity contribution in [2.75, 3.05) is 22.6 Å². The van der Waals surface area contributed by atoms with E-state index >= 15 is 0 Å². The van der Waals surface area contributed by atoms with Crippen LogP contribution in [-0.2, 0) is 14.6 Å². The van der Waals surface area contributed by atoms with Crippen LogP contribution in [-0.4, -0.2) is 25.8 Å². The molecule has 1 aromatic carbocycles. The van der Waals surface area contributed by atoms with Crippen molar-refractivity contribution < 1.29 is 13.2 Å². The van der Waals surface area contributed by atoms with Gasteiger partial charge in [0.1, 0.15) is 9.84 Å². The Hall–Kier alpha value is -1.56. The van der Waals surface area contributed by atoms with Crippen molar-refractivity contribution in [3.8, 4) is 0 Å². The lowest BCUT2D eigenvalue weighted by Gasteiger charge is -2.09. The number of nitrogens with one attached hydrogen (secondary N) is 1. The van der Waals surface area contributed by atoms with Crippen LogP contribution in [0.5, 0.6) is 0 Å². The van der Waals surface area contributed by atoms with Gasteiger partial charge in [-0.3, -0.25) is 4.79 Å². The number of amides is 1. The molecule has 0 aromatic heterocycles. The number of sulfone groups is 1. The molecule has 20 heavy (non-hydrogen) atoms. The Balaban J connectivity index is 2.45. The van der Waals surface area contributed by atoms with Gasteiger partial charge in [0.15, 0.2) is 0 Å². The normalized spacial score (nSPS) is 11.3.